The van der Waals surface area contributed by atoms with Crippen molar-refractivity contribution in [2.75, 3.05) is 5.73 Å². The van der Waals surface area contributed by atoms with E-state index in [2.05, 4.69) is 14.7 Å². The van der Waals surface area contributed by atoms with Crippen molar-refractivity contribution in [2.45, 2.75) is 13.2 Å². The van der Waals surface area contributed by atoms with E-state index in [1.54, 1.807) is 30.6 Å². The van der Waals surface area contributed by atoms with Crippen LogP contribution in [0.15, 0.2) is 53.4 Å². The molecule has 9 nitrogen and oxygen atoms in total. The van der Waals surface area contributed by atoms with Crippen LogP contribution in [0, 0.1) is 0 Å². The summed E-state index contributed by atoms with van der Waals surface area (Å²) < 4.78 is 21.7. The highest BCUT2D eigenvalue weighted by Crippen LogP contribution is 2.30. The molecule has 0 bridgehead atoms. The van der Waals surface area contributed by atoms with Crippen molar-refractivity contribution in [2.24, 2.45) is 0 Å². The molecule has 1 unspecified atom stereocenters. The van der Waals surface area contributed by atoms with Crippen LogP contribution in [-0.4, -0.2) is 15.0 Å². The molecule has 0 fully saturated rings. The lowest BCUT2D eigenvalue weighted by molar-refractivity contribution is -0.712. The van der Waals surface area contributed by atoms with E-state index in [1.165, 1.54) is 10.8 Å². The number of nitrogens with two attached hydrogens (primary N) is 1. The van der Waals surface area contributed by atoms with Gasteiger partial charge in [-0.05, 0) is 23.8 Å². The first-order valence-corrected chi connectivity index (χ1v) is 8.73. The molecule has 0 spiro atoms. The summed E-state index contributed by atoms with van der Waals surface area (Å²) in [6.45, 7) is -0.451. The number of pyridine rings is 2. The average Bonchev–Trinajstić information content (AvgIpc) is 3.02. The van der Waals surface area contributed by atoms with Crippen molar-refractivity contribution in [1.29, 1.82) is 0 Å². The lowest BCUT2D eigenvalue weighted by Gasteiger charge is -2.14. The van der Waals surface area contributed by atoms with Crippen LogP contribution in [0.4, 0.5) is 5.82 Å². The number of aromatic nitrogens is 3. The number of phosphoric ester groups is 1. The smallest absolute Gasteiger partial charge is 0.285 e. The summed E-state index contributed by atoms with van der Waals surface area (Å²) in [5, 5.41) is 4.01. The third kappa shape index (κ3) is 4.49. The first-order valence-electron chi connectivity index (χ1n) is 7.23. The van der Waals surface area contributed by atoms with Crippen LogP contribution < -0.4 is 15.2 Å². The lowest BCUT2D eigenvalue weighted by atomic mass is 10.1. The van der Waals surface area contributed by atoms with E-state index < -0.39 is 14.6 Å². The summed E-state index contributed by atoms with van der Waals surface area (Å²) in [7, 11) is -4.84. The van der Waals surface area contributed by atoms with Crippen molar-refractivity contribution in [3.8, 4) is 11.3 Å². The number of hydrogen-bond acceptors (Lipinski definition) is 7. The molecule has 0 aromatic carbocycles. The SMILES string of the molecule is Nc1c(-c2cc(Cc3cccnc3)no2)ccc[n+]1COP(=O)([O-])O. The summed E-state index contributed by atoms with van der Waals surface area (Å²) in [6, 6.07) is 8.86. The van der Waals surface area contributed by atoms with Crippen molar-refractivity contribution >= 4 is 13.6 Å². The first-order chi connectivity index (χ1) is 11.9. The van der Waals surface area contributed by atoms with Gasteiger partial charge in [0.25, 0.3) is 13.6 Å². The molecule has 10 heteroatoms. The largest absolute Gasteiger partial charge is 0.756 e. The van der Waals surface area contributed by atoms with Crippen LogP contribution in [-0.2, 0) is 22.2 Å². The van der Waals surface area contributed by atoms with Gasteiger partial charge in [0, 0.05) is 24.9 Å². The molecule has 0 saturated carbocycles. The zero-order valence-corrected chi connectivity index (χ0v) is 13.9. The number of nitrogens with zero attached hydrogens (tertiary/aromatic N) is 3. The maximum absolute atomic E-state index is 10.7. The van der Waals surface area contributed by atoms with E-state index >= 15 is 0 Å². The Bertz CT molecular complexity index is 909. The Morgan fingerprint density at radius 1 is 1.40 bits per heavy atom. The van der Waals surface area contributed by atoms with Crippen LogP contribution in [0.1, 0.15) is 11.3 Å². The van der Waals surface area contributed by atoms with Gasteiger partial charge < -0.3 is 14.3 Å². The van der Waals surface area contributed by atoms with E-state index in [4.69, 9.17) is 15.2 Å². The fourth-order valence-electron chi connectivity index (χ4n) is 2.25. The van der Waals surface area contributed by atoms with E-state index in [0.29, 0.717) is 23.4 Å². The Balaban J connectivity index is 1.81. The predicted molar refractivity (Wildman–Crippen MR) is 84.5 cm³/mol. The van der Waals surface area contributed by atoms with Crippen LogP contribution in [0.25, 0.3) is 11.3 Å². The van der Waals surface area contributed by atoms with Crippen LogP contribution in [0.5, 0.6) is 0 Å². The number of phosphoric acid groups is 1. The van der Waals surface area contributed by atoms with E-state index in [0.717, 1.165) is 5.56 Å². The molecule has 0 aliphatic heterocycles. The third-order valence-electron chi connectivity index (χ3n) is 3.41. The fourth-order valence-corrected chi connectivity index (χ4v) is 2.52. The zero-order chi connectivity index (χ0) is 17.9. The molecule has 1 atom stereocenters. The molecular weight excluding hydrogens is 347 g/mol. The van der Waals surface area contributed by atoms with Crippen molar-refractivity contribution < 1.29 is 28.0 Å². The third-order valence-corrected chi connectivity index (χ3v) is 3.85. The Morgan fingerprint density at radius 2 is 2.24 bits per heavy atom. The van der Waals surface area contributed by atoms with Crippen LogP contribution in [0.3, 0.4) is 0 Å². The highest BCUT2D eigenvalue weighted by molar-refractivity contribution is 7.44. The Hall–Kier alpha value is -2.58. The van der Waals surface area contributed by atoms with Gasteiger partial charge in [0.15, 0.2) is 12.5 Å². The fraction of sp³-hybridized carbons (Fsp3) is 0.133. The van der Waals surface area contributed by atoms with E-state index in [-0.39, 0.29) is 5.82 Å². The second-order valence-corrected chi connectivity index (χ2v) is 6.42. The number of anilines is 1. The number of hydrogen-bond donors (Lipinski definition) is 2. The summed E-state index contributed by atoms with van der Waals surface area (Å²) in [6.07, 6.45) is 5.50. The molecule has 3 aromatic rings. The second-order valence-electron chi connectivity index (χ2n) is 5.22. The zero-order valence-electron chi connectivity index (χ0n) is 13.0. The molecule has 0 aliphatic rings. The summed E-state index contributed by atoms with van der Waals surface area (Å²) >= 11 is 0. The average molecular weight is 362 g/mol. The van der Waals surface area contributed by atoms with Crippen LogP contribution >= 0.6 is 7.82 Å². The minimum Gasteiger partial charge on any atom is -0.756 e. The summed E-state index contributed by atoms with van der Waals surface area (Å²) in [5.74, 6) is 0.639. The molecule has 0 aliphatic carbocycles. The monoisotopic (exact) mass is 362 g/mol. The minimum absolute atomic E-state index is 0.208. The summed E-state index contributed by atoms with van der Waals surface area (Å²) in [5.41, 5.74) is 8.23. The standard InChI is InChI=1S/C15H15N4O5P/c16-15-13(4-2-6-19(15)10-23-25(20,21)22)14-8-12(18-24-14)7-11-3-1-5-17-9-11/h1-6,8-9,16H,7,10H2,(H2,20,21,22). The van der Waals surface area contributed by atoms with Crippen molar-refractivity contribution in [1.82, 2.24) is 10.1 Å². The quantitative estimate of drug-likeness (QED) is 0.481. The van der Waals surface area contributed by atoms with E-state index in [9.17, 15) is 9.46 Å². The van der Waals surface area contributed by atoms with Crippen molar-refractivity contribution in [3.63, 3.8) is 0 Å². The predicted octanol–water partition coefficient (Wildman–Crippen LogP) is 0.632. The highest BCUT2D eigenvalue weighted by Gasteiger charge is 2.18. The maximum atomic E-state index is 10.7. The first kappa shape index (κ1) is 17.2. The Labute approximate surface area is 142 Å². The maximum Gasteiger partial charge on any atom is 0.285 e. The second kappa shape index (κ2) is 7.12. The molecule has 25 heavy (non-hydrogen) atoms. The Kier molecular flexibility index (Phi) is 4.91. The van der Waals surface area contributed by atoms with Gasteiger partial charge in [0.2, 0.25) is 0 Å². The van der Waals surface area contributed by atoms with Gasteiger partial charge in [0.05, 0.1) is 11.9 Å². The van der Waals surface area contributed by atoms with Gasteiger partial charge in [-0.3, -0.25) is 19.8 Å². The normalized spacial score (nSPS) is 13.5. The molecule has 0 radical (unpaired) electrons. The highest BCUT2D eigenvalue weighted by atomic mass is 31.2. The molecule has 3 N–H and O–H groups in total. The van der Waals surface area contributed by atoms with Crippen molar-refractivity contribution in [3.05, 3.63) is 60.2 Å². The molecule has 3 aromatic heterocycles. The van der Waals surface area contributed by atoms with Crippen LogP contribution in [0.2, 0.25) is 0 Å². The lowest BCUT2D eigenvalue weighted by Crippen LogP contribution is -2.38. The van der Waals surface area contributed by atoms with E-state index in [1.807, 2.05) is 12.1 Å². The molecule has 130 valence electrons. The van der Waals surface area contributed by atoms with Gasteiger partial charge in [-0.15, -0.1) is 0 Å². The van der Waals surface area contributed by atoms with Gasteiger partial charge >= 0.3 is 0 Å². The van der Waals surface area contributed by atoms with Gasteiger partial charge in [-0.2, -0.15) is 0 Å². The number of rotatable bonds is 6. The molecule has 0 saturated heterocycles. The molecule has 3 rings (SSSR count). The Morgan fingerprint density at radius 3 is 2.96 bits per heavy atom. The topological polar surface area (TPSA) is 138 Å². The van der Waals surface area contributed by atoms with Gasteiger partial charge in [0.1, 0.15) is 5.56 Å². The molecule has 3 heterocycles. The minimum atomic E-state index is -4.84. The summed E-state index contributed by atoms with van der Waals surface area (Å²) in [4.78, 5) is 23.5. The van der Waals surface area contributed by atoms with Gasteiger partial charge in [-0.1, -0.05) is 11.2 Å². The molecule has 0 amide bonds. The van der Waals surface area contributed by atoms with Gasteiger partial charge in [-0.25, -0.2) is 4.57 Å². The number of nitrogen functional groups attached to an aromatic ring is 1. The molecular formula is C15H15N4O5P.